The number of hydrogen-bond donors (Lipinski definition) is 1. The van der Waals surface area contributed by atoms with Gasteiger partial charge < -0.3 is 10.6 Å². The first kappa shape index (κ1) is 17.2. The van der Waals surface area contributed by atoms with E-state index in [9.17, 15) is 0 Å². The number of hydrogen-bond acceptors (Lipinski definition) is 5. The van der Waals surface area contributed by atoms with Crippen molar-refractivity contribution in [3.05, 3.63) is 53.6 Å². The van der Waals surface area contributed by atoms with Crippen LogP contribution < -0.4 is 10.6 Å². The second kappa shape index (κ2) is 7.58. The second-order valence-electron chi connectivity index (χ2n) is 6.54. The lowest BCUT2D eigenvalue weighted by Gasteiger charge is -2.35. The first-order chi connectivity index (χ1) is 12.8. The van der Waals surface area contributed by atoms with Gasteiger partial charge in [0.15, 0.2) is 5.82 Å². The van der Waals surface area contributed by atoms with Gasteiger partial charge in [-0.2, -0.15) is 0 Å². The summed E-state index contributed by atoms with van der Waals surface area (Å²) in [5.74, 6) is 0.964. The summed E-state index contributed by atoms with van der Waals surface area (Å²) in [5.41, 5.74) is 7.59. The monoisotopic (exact) mass is 367 g/mol. The van der Waals surface area contributed by atoms with Crippen molar-refractivity contribution < 1.29 is 0 Å². The van der Waals surface area contributed by atoms with Crippen LogP contribution in [0.3, 0.4) is 0 Å². The maximum atomic E-state index is 6.02. The van der Waals surface area contributed by atoms with E-state index in [2.05, 4.69) is 38.2 Å². The summed E-state index contributed by atoms with van der Waals surface area (Å²) in [5, 5.41) is 12.1. The molecule has 1 fully saturated rings. The lowest BCUT2D eigenvalue weighted by molar-refractivity contribution is 0.264. The molecule has 26 heavy (non-hydrogen) atoms. The van der Waals surface area contributed by atoms with E-state index in [4.69, 9.17) is 17.3 Å². The third kappa shape index (κ3) is 3.38. The number of fused-ring (bicyclic) bond motifs is 1. The summed E-state index contributed by atoms with van der Waals surface area (Å²) in [6.45, 7) is 5.56. The van der Waals surface area contributed by atoms with Crippen LogP contribution in [0.5, 0.6) is 0 Å². The molecule has 0 amide bonds. The zero-order valence-corrected chi connectivity index (χ0v) is 15.4. The number of aromatic nitrogens is 2. The quantitative estimate of drug-likeness (QED) is 0.768. The van der Waals surface area contributed by atoms with E-state index in [-0.39, 0.29) is 0 Å². The van der Waals surface area contributed by atoms with Crippen molar-refractivity contribution in [2.45, 2.75) is 0 Å². The van der Waals surface area contributed by atoms with Gasteiger partial charge in [0.05, 0.1) is 0 Å². The second-order valence-corrected chi connectivity index (χ2v) is 6.98. The molecular weight excluding hydrogens is 346 g/mol. The van der Waals surface area contributed by atoms with Crippen molar-refractivity contribution in [1.29, 1.82) is 0 Å². The Bertz CT molecular complexity index is 888. The largest absolute Gasteiger partial charge is 0.352 e. The smallest absolute Gasteiger partial charge is 0.159 e. The summed E-state index contributed by atoms with van der Waals surface area (Å²) < 4.78 is 0. The lowest BCUT2D eigenvalue weighted by Crippen LogP contribution is -2.48. The highest BCUT2D eigenvalue weighted by Crippen LogP contribution is 2.32. The summed E-state index contributed by atoms with van der Waals surface area (Å²) in [6.07, 6.45) is 0. The van der Waals surface area contributed by atoms with Crippen molar-refractivity contribution in [1.82, 2.24) is 15.1 Å². The molecule has 2 heterocycles. The molecule has 4 rings (SSSR count). The van der Waals surface area contributed by atoms with Crippen LogP contribution in [0.2, 0.25) is 5.02 Å². The van der Waals surface area contributed by atoms with Crippen molar-refractivity contribution in [3.63, 3.8) is 0 Å². The molecule has 134 valence electrons. The normalized spacial score (nSPS) is 15.5. The molecule has 0 atom stereocenters. The van der Waals surface area contributed by atoms with Gasteiger partial charge in [-0.1, -0.05) is 48.0 Å². The zero-order valence-electron chi connectivity index (χ0n) is 14.6. The van der Waals surface area contributed by atoms with E-state index in [1.807, 2.05) is 30.3 Å². The predicted octanol–water partition coefficient (Wildman–Crippen LogP) is 3.03. The maximum Gasteiger partial charge on any atom is 0.159 e. The molecule has 1 aliphatic heterocycles. The highest BCUT2D eigenvalue weighted by Gasteiger charge is 2.20. The van der Waals surface area contributed by atoms with Crippen LogP contribution in [0.25, 0.3) is 22.0 Å². The Morgan fingerprint density at radius 1 is 0.885 bits per heavy atom. The number of benzene rings is 2. The van der Waals surface area contributed by atoms with E-state index in [1.54, 1.807) is 0 Å². The Labute approximate surface area is 158 Å². The Balaban J connectivity index is 1.70. The molecule has 1 saturated heterocycles. The zero-order chi connectivity index (χ0) is 17.9. The molecule has 2 aromatic carbocycles. The molecule has 2 N–H and O–H groups in total. The maximum absolute atomic E-state index is 6.02. The van der Waals surface area contributed by atoms with Crippen LogP contribution in [-0.2, 0) is 0 Å². The fourth-order valence-corrected chi connectivity index (χ4v) is 3.64. The first-order valence-electron chi connectivity index (χ1n) is 8.95. The molecule has 0 radical (unpaired) electrons. The molecule has 5 nitrogen and oxygen atoms in total. The molecular formula is C20H22ClN5. The first-order valence-corrected chi connectivity index (χ1v) is 9.33. The molecule has 6 heteroatoms. The molecule has 0 unspecified atom stereocenters. The Morgan fingerprint density at radius 2 is 1.58 bits per heavy atom. The third-order valence-electron chi connectivity index (χ3n) is 4.90. The highest BCUT2D eigenvalue weighted by molar-refractivity contribution is 6.30. The standard InChI is InChI=1S/C20H22ClN5/c21-16-7-5-15(6-8-16)19-17-3-1-2-4-18(17)20(24-23-19)26-13-11-25(10-9-22)12-14-26/h1-8H,9-14,22H2. The Kier molecular flexibility index (Phi) is 5.02. The summed E-state index contributed by atoms with van der Waals surface area (Å²) in [4.78, 5) is 4.72. The van der Waals surface area contributed by atoms with Gasteiger partial charge in [-0.25, -0.2) is 0 Å². The van der Waals surface area contributed by atoms with Crippen LogP contribution in [0, 0.1) is 0 Å². The fraction of sp³-hybridized carbons (Fsp3) is 0.300. The number of anilines is 1. The van der Waals surface area contributed by atoms with Gasteiger partial charge in [0.2, 0.25) is 0 Å². The Morgan fingerprint density at radius 3 is 2.27 bits per heavy atom. The van der Waals surface area contributed by atoms with Crippen LogP contribution >= 0.6 is 11.6 Å². The van der Waals surface area contributed by atoms with Gasteiger partial charge in [-0.15, -0.1) is 10.2 Å². The predicted molar refractivity (Wildman–Crippen MR) is 108 cm³/mol. The molecule has 0 spiro atoms. The number of nitrogens with zero attached hydrogens (tertiary/aromatic N) is 4. The summed E-state index contributed by atoms with van der Waals surface area (Å²) >= 11 is 6.02. The molecule has 3 aromatic rings. The minimum Gasteiger partial charge on any atom is -0.352 e. The van der Waals surface area contributed by atoms with Crippen LogP contribution in [0.15, 0.2) is 48.5 Å². The van der Waals surface area contributed by atoms with Crippen molar-refractivity contribution in [3.8, 4) is 11.3 Å². The van der Waals surface area contributed by atoms with Gasteiger partial charge in [0.25, 0.3) is 0 Å². The van der Waals surface area contributed by atoms with Gasteiger partial charge in [-0.05, 0) is 12.1 Å². The van der Waals surface area contributed by atoms with E-state index < -0.39 is 0 Å². The van der Waals surface area contributed by atoms with Crippen molar-refractivity contribution >= 4 is 28.2 Å². The fourth-order valence-electron chi connectivity index (χ4n) is 3.51. The van der Waals surface area contributed by atoms with E-state index in [0.29, 0.717) is 6.54 Å². The Hall–Kier alpha value is -2.21. The number of nitrogens with two attached hydrogens (primary N) is 1. The molecule has 1 aliphatic rings. The molecule has 0 bridgehead atoms. The molecule has 1 aromatic heterocycles. The van der Waals surface area contributed by atoms with Gasteiger partial charge in [0, 0.05) is 60.6 Å². The van der Waals surface area contributed by atoms with Crippen molar-refractivity contribution in [2.75, 3.05) is 44.2 Å². The number of rotatable bonds is 4. The van der Waals surface area contributed by atoms with Crippen LogP contribution in [0.1, 0.15) is 0 Å². The van der Waals surface area contributed by atoms with Crippen molar-refractivity contribution in [2.24, 2.45) is 5.73 Å². The average molecular weight is 368 g/mol. The SMILES string of the molecule is NCCN1CCN(c2nnc(-c3ccc(Cl)cc3)c3ccccc23)CC1. The average Bonchev–Trinajstić information content (AvgIpc) is 2.69. The van der Waals surface area contributed by atoms with Crippen LogP contribution in [-0.4, -0.2) is 54.4 Å². The summed E-state index contributed by atoms with van der Waals surface area (Å²) in [6, 6.07) is 16.1. The lowest BCUT2D eigenvalue weighted by atomic mass is 10.0. The molecule has 0 saturated carbocycles. The molecule has 0 aliphatic carbocycles. The van der Waals surface area contributed by atoms with E-state index in [0.717, 1.165) is 65.6 Å². The minimum absolute atomic E-state index is 0.707. The van der Waals surface area contributed by atoms with Gasteiger partial charge in [0.1, 0.15) is 5.69 Å². The summed E-state index contributed by atoms with van der Waals surface area (Å²) in [7, 11) is 0. The topological polar surface area (TPSA) is 58.3 Å². The number of piperazine rings is 1. The van der Waals surface area contributed by atoms with E-state index in [1.165, 1.54) is 0 Å². The van der Waals surface area contributed by atoms with E-state index >= 15 is 0 Å². The van der Waals surface area contributed by atoms with Gasteiger partial charge >= 0.3 is 0 Å². The highest BCUT2D eigenvalue weighted by atomic mass is 35.5. The minimum atomic E-state index is 0.707. The van der Waals surface area contributed by atoms with Gasteiger partial charge in [-0.3, -0.25) is 4.90 Å². The third-order valence-corrected chi connectivity index (χ3v) is 5.15. The number of halogens is 1. The van der Waals surface area contributed by atoms with Crippen LogP contribution in [0.4, 0.5) is 5.82 Å².